The van der Waals surface area contributed by atoms with Crippen molar-refractivity contribution in [1.82, 2.24) is 20.2 Å². The van der Waals surface area contributed by atoms with Crippen molar-refractivity contribution in [1.29, 1.82) is 0 Å². The summed E-state index contributed by atoms with van der Waals surface area (Å²) in [5.74, 6) is -0.793. The van der Waals surface area contributed by atoms with E-state index in [0.717, 1.165) is 31.3 Å². The van der Waals surface area contributed by atoms with Crippen molar-refractivity contribution >= 4 is 17.7 Å². The van der Waals surface area contributed by atoms with Crippen LogP contribution in [-0.2, 0) is 12.3 Å². The monoisotopic (exact) mass is 310 g/mol. The lowest BCUT2D eigenvalue weighted by Gasteiger charge is -2.05. The predicted molar refractivity (Wildman–Crippen MR) is 75.6 cm³/mol. The van der Waals surface area contributed by atoms with Gasteiger partial charge in [0.15, 0.2) is 5.82 Å². The second-order valence-electron chi connectivity index (χ2n) is 4.41. The van der Waals surface area contributed by atoms with E-state index in [1.54, 1.807) is 10.7 Å². The number of aromatic carboxylic acids is 1. The molecule has 0 aliphatic carbocycles. The Labute approximate surface area is 125 Å². The molecule has 0 bridgehead atoms. The van der Waals surface area contributed by atoms with Crippen LogP contribution in [0, 0.1) is 5.82 Å². The highest BCUT2D eigenvalue weighted by Crippen LogP contribution is 2.24. The Morgan fingerprint density at radius 1 is 1.48 bits per heavy atom. The van der Waals surface area contributed by atoms with Crippen LogP contribution in [0.2, 0.25) is 0 Å². The first-order valence-corrected chi connectivity index (χ1v) is 7.51. The van der Waals surface area contributed by atoms with Gasteiger partial charge >= 0.3 is 5.97 Å². The van der Waals surface area contributed by atoms with Crippen LogP contribution in [0.25, 0.3) is 0 Å². The van der Waals surface area contributed by atoms with Crippen LogP contribution in [0.5, 0.6) is 0 Å². The number of carbonyl (C=O) groups is 1. The van der Waals surface area contributed by atoms with Gasteiger partial charge < -0.3 is 5.11 Å². The van der Waals surface area contributed by atoms with Crippen molar-refractivity contribution < 1.29 is 14.3 Å². The molecule has 0 aliphatic rings. The number of aromatic nitrogens is 4. The van der Waals surface area contributed by atoms with Crippen molar-refractivity contribution in [2.24, 2.45) is 0 Å². The molecule has 0 saturated heterocycles. The fraction of sp³-hybridized carbons (Fsp3) is 0.385. The molecule has 2 rings (SSSR count). The van der Waals surface area contributed by atoms with E-state index in [4.69, 9.17) is 5.11 Å². The lowest BCUT2D eigenvalue weighted by molar-refractivity contribution is 0.0691. The minimum absolute atomic E-state index is 0.328. The average Bonchev–Trinajstić information content (AvgIpc) is 2.91. The molecule has 0 spiro atoms. The molecule has 6 nitrogen and oxygen atoms in total. The van der Waals surface area contributed by atoms with Gasteiger partial charge in [-0.1, -0.05) is 13.3 Å². The zero-order chi connectivity index (χ0) is 15.2. The number of rotatable bonds is 7. The number of thioether (sulfide) groups is 1. The van der Waals surface area contributed by atoms with Crippen molar-refractivity contribution in [2.75, 3.05) is 0 Å². The van der Waals surface area contributed by atoms with E-state index in [2.05, 4.69) is 22.4 Å². The Balaban J connectivity index is 2.05. The third kappa shape index (κ3) is 4.01. The van der Waals surface area contributed by atoms with Gasteiger partial charge in [0.2, 0.25) is 0 Å². The molecule has 8 heteroatoms. The van der Waals surface area contributed by atoms with Crippen LogP contribution >= 0.6 is 11.8 Å². The summed E-state index contributed by atoms with van der Waals surface area (Å²) in [7, 11) is 0. The standard InChI is InChI=1S/C13H15FN4O2S/c1-2-3-6-18-12(15-16-17-18)8-21-9-4-5-11(14)10(7-9)13(19)20/h4-5,7H,2-3,6,8H2,1H3,(H,19,20). The highest BCUT2D eigenvalue weighted by molar-refractivity contribution is 7.98. The number of aryl methyl sites for hydroxylation is 1. The first-order chi connectivity index (χ1) is 10.1. The number of benzene rings is 1. The van der Waals surface area contributed by atoms with Crippen LogP contribution < -0.4 is 0 Å². The largest absolute Gasteiger partial charge is 0.478 e. The third-order valence-electron chi connectivity index (χ3n) is 2.87. The Hall–Kier alpha value is -1.96. The first-order valence-electron chi connectivity index (χ1n) is 6.52. The van der Waals surface area contributed by atoms with Gasteiger partial charge in [0.1, 0.15) is 5.82 Å². The van der Waals surface area contributed by atoms with Crippen molar-refractivity contribution in [2.45, 2.75) is 37.0 Å². The molecule has 1 aromatic heterocycles. The summed E-state index contributed by atoms with van der Waals surface area (Å²) in [6, 6.07) is 4.03. The molecule has 0 atom stereocenters. The molecule has 0 saturated carbocycles. The van der Waals surface area contributed by atoms with E-state index in [-0.39, 0.29) is 5.56 Å². The van der Waals surface area contributed by atoms with Gasteiger partial charge in [0.05, 0.1) is 11.3 Å². The van der Waals surface area contributed by atoms with E-state index >= 15 is 0 Å². The number of tetrazole rings is 1. The molecule has 1 N–H and O–H groups in total. The normalized spacial score (nSPS) is 10.8. The summed E-state index contributed by atoms with van der Waals surface area (Å²) in [6.45, 7) is 2.84. The van der Waals surface area contributed by atoms with E-state index in [0.29, 0.717) is 10.6 Å². The fourth-order valence-corrected chi connectivity index (χ4v) is 2.58. The second kappa shape index (κ2) is 7.16. The first kappa shape index (κ1) is 15.4. The maximum absolute atomic E-state index is 13.3. The maximum Gasteiger partial charge on any atom is 0.338 e. The average molecular weight is 310 g/mol. The van der Waals surface area contributed by atoms with Crippen molar-refractivity contribution in [3.63, 3.8) is 0 Å². The number of nitrogens with zero attached hydrogens (tertiary/aromatic N) is 4. The Morgan fingerprint density at radius 3 is 3.00 bits per heavy atom. The number of unbranched alkanes of at least 4 members (excludes halogenated alkanes) is 1. The zero-order valence-corrected chi connectivity index (χ0v) is 12.3. The molecule has 0 radical (unpaired) electrons. The zero-order valence-electron chi connectivity index (χ0n) is 11.5. The SMILES string of the molecule is CCCCn1nnnc1CSc1ccc(F)c(C(=O)O)c1. The molecule has 1 heterocycles. The van der Waals surface area contributed by atoms with Crippen molar-refractivity contribution in [3.8, 4) is 0 Å². The molecule has 0 unspecified atom stereocenters. The Kier molecular flexibility index (Phi) is 5.26. The minimum atomic E-state index is -1.28. The Bertz CT molecular complexity index is 632. The minimum Gasteiger partial charge on any atom is -0.478 e. The molecule has 112 valence electrons. The molecule has 0 aliphatic heterocycles. The Morgan fingerprint density at radius 2 is 2.29 bits per heavy atom. The van der Waals surface area contributed by atoms with E-state index < -0.39 is 11.8 Å². The lowest BCUT2D eigenvalue weighted by Crippen LogP contribution is -2.05. The van der Waals surface area contributed by atoms with Gasteiger partial charge in [-0.05, 0) is 35.0 Å². The van der Waals surface area contributed by atoms with E-state index in [9.17, 15) is 9.18 Å². The summed E-state index contributed by atoms with van der Waals surface area (Å²) in [4.78, 5) is 11.6. The summed E-state index contributed by atoms with van der Waals surface area (Å²) < 4.78 is 15.0. The van der Waals surface area contributed by atoms with E-state index in [1.807, 2.05) is 0 Å². The highest BCUT2D eigenvalue weighted by atomic mass is 32.2. The predicted octanol–water partition coefficient (Wildman–Crippen LogP) is 2.60. The molecular weight excluding hydrogens is 295 g/mol. The summed E-state index contributed by atoms with van der Waals surface area (Å²) in [5.41, 5.74) is -0.328. The van der Waals surface area contributed by atoms with Crippen LogP contribution in [0.3, 0.4) is 0 Å². The molecule has 21 heavy (non-hydrogen) atoms. The van der Waals surface area contributed by atoms with Crippen LogP contribution in [0.4, 0.5) is 4.39 Å². The van der Waals surface area contributed by atoms with Gasteiger partial charge in [-0.25, -0.2) is 13.9 Å². The number of carboxylic acid groups (broad SMARTS) is 1. The van der Waals surface area contributed by atoms with Gasteiger partial charge in [-0.2, -0.15) is 0 Å². The molecule has 2 aromatic rings. The van der Waals surface area contributed by atoms with Crippen LogP contribution in [0.15, 0.2) is 23.1 Å². The molecule has 0 amide bonds. The fourth-order valence-electron chi connectivity index (χ4n) is 1.71. The van der Waals surface area contributed by atoms with Crippen LogP contribution in [0.1, 0.15) is 35.9 Å². The smallest absolute Gasteiger partial charge is 0.338 e. The van der Waals surface area contributed by atoms with Gasteiger partial charge in [-0.15, -0.1) is 16.9 Å². The second-order valence-corrected chi connectivity index (χ2v) is 5.46. The highest BCUT2D eigenvalue weighted by Gasteiger charge is 2.12. The van der Waals surface area contributed by atoms with Gasteiger partial charge in [0, 0.05) is 11.4 Å². The summed E-state index contributed by atoms with van der Waals surface area (Å²) >= 11 is 1.37. The number of halogens is 1. The lowest BCUT2D eigenvalue weighted by atomic mass is 10.2. The summed E-state index contributed by atoms with van der Waals surface area (Å²) in [6.07, 6.45) is 2.04. The third-order valence-corrected chi connectivity index (χ3v) is 3.86. The summed E-state index contributed by atoms with van der Waals surface area (Å²) in [5, 5.41) is 20.4. The van der Waals surface area contributed by atoms with Crippen LogP contribution in [-0.4, -0.2) is 31.3 Å². The van der Waals surface area contributed by atoms with Gasteiger partial charge in [0.25, 0.3) is 0 Å². The number of carboxylic acids is 1. The number of hydrogen-bond acceptors (Lipinski definition) is 5. The number of hydrogen-bond donors (Lipinski definition) is 1. The van der Waals surface area contributed by atoms with E-state index in [1.165, 1.54) is 17.8 Å². The quantitative estimate of drug-likeness (QED) is 0.792. The molecular formula is C13H15FN4O2S. The topological polar surface area (TPSA) is 80.9 Å². The molecule has 1 aromatic carbocycles. The maximum atomic E-state index is 13.3. The van der Waals surface area contributed by atoms with Gasteiger partial charge in [-0.3, -0.25) is 0 Å². The molecule has 0 fully saturated rings. The van der Waals surface area contributed by atoms with Crippen molar-refractivity contribution in [3.05, 3.63) is 35.4 Å².